The van der Waals surface area contributed by atoms with Crippen molar-refractivity contribution in [2.45, 2.75) is 51.1 Å². The highest BCUT2D eigenvalue weighted by atomic mass is 16.5. The standard InChI is InChI=1S/C23H33N3O2/c1-23(24,9-4-6-18-7-5-11-25-16-18)10-13-26-12-8-19-14-21(27-2)22(28-3)15-20(19)17-26/h5,7,11,14-16H,4,6,8-10,12-13,17,24H2,1-3H3. The number of rotatable bonds is 9. The fourth-order valence-corrected chi connectivity index (χ4v) is 3.91. The topological polar surface area (TPSA) is 60.6 Å². The van der Waals surface area contributed by atoms with Crippen LogP contribution in [-0.4, -0.2) is 42.7 Å². The van der Waals surface area contributed by atoms with Gasteiger partial charge in [0.05, 0.1) is 14.2 Å². The Kier molecular flexibility index (Phi) is 6.92. The molecular weight excluding hydrogens is 350 g/mol. The lowest BCUT2D eigenvalue weighted by molar-refractivity contribution is 0.221. The van der Waals surface area contributed by atoms with Crippen molar-refractivity contribution in [3.63, 3.8) is 0 Å². The summed E-state index contributed by atoms with van der Waals surface area (Å²) in [6.45, 7) is 5.21. The summed E-state index contributed by atoms with van der Waals surface area (Å²) in [5.74, 6) is 1.63. The van der Waals surface area contributed by atoms with E-state index in [1.54, 1.807) is 14.2 Å². The van der Waals surface area contributed by atoms with E-state index >= 15 is 0 Å². The van der Waals surface area contributed by atoms with Gasteiger partial charge in [0.2, 0.25) is 0 Å². The van der Waals surface area contributed by atoms with E-state index < -0.39 is 0 Å². The quantitative estimate of drug-likeness (QED) is 0.717. The van der Waals surface area contributed by atoms with E-state index in [-0.39, 0.29) is 5.54 Å². The summed E-state index contributed by atoms with van der Waals surface area (Å²) in [6.07, 6.45) is 8.97. The highest BCUT2D eigenvalue weighted by Crippen LogP contribution is 2.33. The fraction of sp³-hybridized carbons (Fsp3) is 0.522. The SMILES string of the molecule is COc1cc2c(cc1OC)CN(CCC(C)(N)CCCc1cccnc1)CC2. The molecule has 152 valence electrons. The van der Waals surface area contributed by atoms with Gasteiger partial charge in [-0.1, -0.05) is 6.07 Å². The van der Waals surface area contributed by atoms with Gasteiger partial charge in [0.1, 0.15) is 0 Å². The number of nitrogens with zero attached hydrogens (tertiary/aromatic N) is 2. The summed E-state index contributed by atoms with van der Waals surface area (Å²) in [4.78, 5) is 6.68. The van der Waals surface area contributed by atoms with Gasteiger partial charge in [-0.15, -0.1) is 0 Å². The van der Waals surface area contributed by atoms with Crippen LogP contribution < -0.4 is 15.2 Å². The second kappa shape index (κ2) is 9.39. The molecule has 0 spiro atoms. The third-order valence-electron chi connectivity index (χ3n) is 5.73. The molecule has 28 heavy (non-hydrogen) atoms. The largest absolute Gasteiger partial charge is 0.493 e. The third-order valence-corrected chi connectivity index (χ3v) is 5.73. The minimum absolute atomic E-state index is 0.139. The summed E-state index contributed by atoms with van der Waals surface area (Å²) in [5, 5.41) is 0. The van der Waals surface area contributed by atoms with E-state index in [4.69, 9.17) is 15.2 Å². The molecule has 1 aliphatic rings. The Labute approximate surface area is 168 Å². The molecule has 5 heteroatoms. The molecule has 2 aromatic rings. The molecule has 0 amide bonds. The average Bonchev–Trinajstić information content (AvgIpc) is 2.71. The van der Waals surface area contributed by atoms with Crippen molar-refractivity contribution in [2.75, 3.05) is 27.3 Å². The van der Waals surface area contributed by atoms with Gasteiger partial charge < -0.3 is 15.2 Å². The molecule has 1 atom stereocenters. The first-order chi connectivity index (χ1) is 13.5. The van der Waals surface area contributed by atoms with Crippen molar-refractivity contribution in [3.05, 3.63) is 53.3 Å². The van der Waals surface area contributed by atoms with E-state index in [9.17, 15) is 0 Å². The summed E-state index contributed by atoms with van der Waals surface area (Å²) < 4.78 is 10.9. The Morgan fingerprint density at radius 2 is 1.89 bits per heavy atom. The predicted molar refractivity (Wildman–Crippen MR) is 113 cm³/mol. The number of hydrogen-bond acceptors (Lipinski definition) is 5. The van der Waals surface area contributed by atoms with Crippen molar-refractivity contribution in [2.24, 2.45) is 5.73 Å². The zero-order valence-electron chi connectivity index (χ0n) is 17.4. The third kappa shape index (κ3) is 5.46. The predicted octanol–water partition coefficient (Wildman–Crippen LogP) is 3.59. The van der Waals surface area contributed by atoms with Gasteiger partial charge in [0.25, 0.3) is 0 Å². The summed E-state index contributed by atoms with van der Waals surface area (Å²) in [7, 11) is 3.38. The first-order valence-corrected chi connectivity index (χ1v) is 10.1. The van der Waals surface area contributed by atoms with Gasteiger partial charge >= 0.3 is 0 Å². The lowest BCUT2D eigenvalue weighted by Gasteiger charge is -2.33. The van der Waals surface area contributed by atoms with Crippen LogP contribution in [0.25, 0.3) is 0 Å². The summed E-state index contributed by atoms with van der Waals surface area (Å²) in [5.41, 5.74) is 10.4. The maximum absolute atomic E-state index is 6.60. The first-order valence-electron chi connectivity index (χ1n) is 10.1. The maximum atomic E-state index is 6.60. The first kappa shape index (κ1) is 20.6. The Morgan fingerprint density at radius 1 is 1.14 bits per heavy atom. The number of nitrogens with two attached hydrogens (primary N) is 1. The van der Waals surface area contributed by atoms with Crippen LogP contribution in [0.3, 0.4) is 0 Å². The Balaban J connectivity index is 1.49. The molecule has 0 aliphatic carbocycles. The van der Waals surface area contributed by atoms with Crippen molar-refractivity contribution in [1.82, 2.24) is 9.88 Å². The molecule has 0 radical (unpaired) electrons. The minimum atomic E-state index is -0.139. The van der Waals surface area contributed by atoms with E-state index in [2.05, 4.69) is 35.0 Å². The number of pyridine rings is 1. The zero-order valence-corrected chi connectivity index (χ0v) is 17.4. The minimum Gasteiger partial charge on any atom is -0.493 e. The average molecular weight is 384 g/mol. The summed E-state index contributed by atoms with van der Waals surface area (Å²) >= 11 is 0. The molecule has 0 bridgehead atoms. The molecular formula is C23H33N3O2. The van der Waals surface area contributed by atoms with Crippen LogP contribution >= 0.6 is 0 Å². The highest BCUT2D eigenvalue weighted by molar-refractivity contribution is 5.48. The molecule has 1 unspecified atom stereocenters. The van der Waals surface area contributed by atoms with Crippen molar-refractivity contribution >= 4 is 0 Å². The number of ether oxygens (including phenoxy) is 2. The van der Waals surface area contributed by atoms with Crippen molar-refractivity contribution in [3.8, 4) is 11.5 Å². The van der Waals surface area contributed by atoms with E-state index in [0.29, 0.717) is 0 Å². The molecule has 0 fully saturated rings. The fourth-order valence-electron chi connectivity index (χ4n) is 3.91. The van der Waals surface area contributed by atoms with Crippen LogP contribution in [0.1, 0.15) is 42.9 Å². The highest BCUT2D eigenvalue weighted by Gasteiger charge is 2.23. The molecule has 1 aromatic carbocycles. The van der Waals surface area contributed by atoms with E-state index in [1.165, 1.54) is 16.7 Å². The molecule has 0 saturated carbocycles. The smallest absolute Gasteiger partial charge is 0.161 e. The Morgan fingerprint density at radius 3 is 2.57 bits per heavy atom. The maximum Gasteiger partial charge on any atom is 0.161 e. The number of methoxy groups -OCH3 is 2. The lowest BCUT2D eigenvalue weighted by atomic mass is 9.90. The van der Waals surface area contributed by atoms with Gasteiger partial charge in [-0.3, -0.25) is 9.88 Å². The monoisotopic (exact) mass is 383 g/mol. The number of aromatic nitrogens is 1. The summed E-state index contributed by atoms with van der Waals surface area (Å²) in [6, 6.07) is 8.37. The van der Waals surface area contributed by atoms with Crippen molar-refractivity contribution < 1.29 is 9.47 Å². The van der Waals surface area contributed by atoms with Crippen LogP contribution in [0.5, 0.6) is 11.5 Å². The van der Waals surface area contributed by atoms with Crippen molar-refractivity contribution in [1.29, 1.82) is 0 Å². The molecule has 1 aliphatic heterocycles. The number of aryl methyl sites for hydroxylation is 1. The second-order valence-electron chi connectivity index (χ2n) is 8.12. The Hall–Kier alpha value is -2.11. The molecule has 0 saturated heterocycles. The van der Waals surface area contributed by atoms with Gasteiger partial charge in [0.15, 0.2) is 11.5 Å². The van der Waals surface area contributed by atoms with E-state index in [0.717, 1.165) is 63.2 Å². The zero-order chi connectivity index (χ0) is 20.0. The lowest BCUT2D eigenvalue weighted by Crippen LogP contribution is -2.41. The molecule has 5 nitrogen and oxygen atoms in total. The number of benzene rings is 1. The van der Waals surface area contributed by atoms with Crippen LogP contribution in [-0.2, 0) is 19.4 Å². The van der Waals surface area contributed by atoms with Gasteiger partial charge in [-0.05, 0) is 73.9 Å². The van der Waals surface area contributed by atoms with Crippen LogP contribution in [0.2, 0.25) is 0 Å². The second-order valence-corrected chi connectivity index (χ2v) is 8.12. The van der Waals surface area contributed by atoms with Gasteiger partial charge in [-0.25, -0.2) is 0 Å². The molecule has 1 aromatic heterocycles. The van der Waals surface area contributed by atoms with Crippen LogP contribution in [0, 0.1) is 0 Å². The Bertz CT molecular complexity index is 762. The normalized spacial score (nSPS) is 16.3. The molecule has 2 heterocycles. The van der Waals surface area contributed by atoms with Gasteiger partial charge in [-0.2, -0.15) is 0 Å². The molecule has 2 N–H and O–H groups in total. The van der Waals surface area contributed by atoms with Gasteiger partial charge in [0, 0.05) is 37.6 Å². The molecule has 3 rings (SSSR count). The number of fused-ring (bicyclic) bond motifs is 1. The van der Waals surface area contributed by atoms with Crippen LogP contribution in [0.15, 0.2) is 36.7 Å². The number of hydrogen-bond donors (Lipinski definition) is 1. The van der Waals surface area contributed by atoms with Crippen LogP contribution in [0.4, 0.5) is 0 Å². The van der Waals surface area contributed by atoms with E-state index in [1.807, 2.05) is 18.5 Å².